The number of halogens is 2. The van der Waals surface area contributed by atoms with Gasteiger partial charge in [0.15, 0.2) is 5.43 Å². The fourth-order valence-corrected chi connectivity index (χ4v) is 1.97. The van der Waals surface area contributed by atoms with Crippen LogP contribution in [0.5, 0.6) is 0 Å². The summed E-state index contributed by atoms with van der Waals surface area (Å²) in [4.78, 5) is 10.9. The molecule has 1 heterocycles. The Labute approximate surface area is 100 Å². The van der Waals surface area contributed by atoms with E-state index in [4.69, 9.17) is 0 Å². The van der Waals surface area contributed by atoms with Crippen LogP contribution in [0.2, 0.25) is 0 Å². The zero-order valence-corrected chi connectivity index (χ0v) is 9.95. The average molecular weight is 282 g/mol. The summed E-state index contributed by atoms with van der Waals surface area (Å²) < 4.78 is 15.6. The molecule has 1 aromatic carbocycles. The van der Waals surface area contributed by atoms with Crippen LogP contribution >= 0.6 is 15.9 Å². The molecule has 16 heavy (non-hydrogen) atoms. The average Bonchev–Trinajstić information content (AvgIpc) is 2.20. The first-order valence-electron chi connectivity index (χ1n) is 4.74. The van der Waals surface area contributed by atoms with Gasteiger partial charge < -0.3 is 4.57 Å². The highest BCUT2D eigenvalue weighted by Crippen LogP contribution is 2.15. The lowest BCUT2D eigenvalue weighted by atomic mass is 10.2. The number of hydrogen-bond acceptors (Lipinski definition) is 1. The van der Waals surface area contributed by atoms with E-state index in [9.17, 15) is 9.18 Å². The molecular weight excluding hydrogens is 273 g/mol. The van der Waals surface area contributed by atoms with Gasteiger partial charge in [0.05, 0.1) is 0 Å². The Balaban J connectivity index is 2.26. The van der Waals surface area contributed by atoms with Crippen LogP contribution in [0, 0.1) is 5.82 Å². The highest BCUT2D eigenvalue weighted by atomic mass is 79.9. The fraction of sp³-hybridized carbons (Fsp3) is 0.0833. The molecule has 0 spiro atoms. The van der Waals surface area contributed by atoms with Gasteiger partial charge in [-0.3, -0.25) is 4.79 Å². The Morgan fingerprint density at radius 3 is 2.50 bits per heavy atom. The minimum atomic E-state index is -0.273. The Hall–Kier alpha value is -1.42. The maximum Gasteiger partial charge on any atom is 0.181 e. The van der Waals surface area contributed by atoms with Gasteiger partial charge in [-0.1, -0.05) is 15.9 Å². The van der Waals surface area contributed by atoms with Gasteiger partial charge in [0.1, 0.15) is 5.82 Å². The maximum atomic E-state index is 13.1. The minimum absolute atomic E-state index is 0.0309. The lowest BCUT2D eigenvalue weighted by molar-refractivity contribution is 0.622. The highest BCUT2D eigenvalue weighted by Gasteiger charge is 1.99. The van der Waals surface area contributed by atoms with Crippen molar-refractivity contribution in [2.45, 2.75) is 6.54 Å². The Bertz CT molecular complexity index is 524. The van der Waals surface area contributed by atoms with E-state index in [-0.39, 0.29) is 11.2 Å². The Morgan fingerprint density at radius 1 is 1.19 bits per heavy atom. The van der Waals surface area contributed by atoms with E-state index in [1.54, 1.807) is 12.4 Å². The second-order valence-corrected chi connectivity index (χ2v) is 4.40. The minimum Gasteiger partial charge on any atom is -0.350 e. The molecule has 0 radical (unpaired) electrons. The molecule has 0 amide bonds. The molecule has 2 aromatic rings. The molecule has 2 nitrogen and oxygen atoms in total. The van der Waals surface area contributed by atoms with Crippen molar-refractivity contribution in [3.63, 3.8) is 0 Å². The van der Waals surface area contributed by atoms with Crippen molar-refractivity contribution in [2.75, 3.05) is 0 Å². The molecule has 0 bridgehead atoms. The smallest absolute Gasteiger partial charge is 0.181 e. The molecule has 0 atom stereocenters. The van der Waals surface area contributed by atoms with Gasteiger partial charge in [-0.2, -0.15) is 0 Å². The summed E-state index contributed by atoms with van der Waals surface area (Å²) in [6.45, 7) is 0.538. The molecule has 0 unspecified atom stereocenters. The van der Waals surface area contributed by atoms with Crippen LogP contribution in [-0.4, -0.2) is 4.57 Å². The van der Waals surface area contributed by atoms with Gasteiger partial charge in [0, 0.05) is 35.5 Å². The molecule has 0 aliphatic heterocycles. The fourth-order valence-electron chi connectivity index (χ4n) is 1.46. The Morgan fingerprint density at radius 2 is 1.88 bits per heavy atom. The van der Waals surface area contributed by atoms with Gasteiger partial charge in [0.25, 0.3) is 0 Å². The topological polar surface area (TPSA) is 22.0 Å². The third-order valence-corrected chi connectivity index (χ3v) is 2.61. The van der Waals surface area contributed by atoms with Crippen molar-refractivity contribution < 1.29 is 4.39 Å². The molecule has 0 N–H and O–H groups in total. The lowest BCUT2D eigenvalue weighted by Gasteiger charge is -2.06. The summed E-state index contributed by atoms with van der Waals surface area (Å²) in [5.74, 6) is -0.273. The van der Waals surface area contributed by atoms with Crippen LogP contribution in [0.15, 0.2) is 52.0 Å². The van der Waals surface area contributed by atoms with Crippen LogP contribution in [-0.2, 0) is 6.54 Å². The van der Waals surface area contributed by atoms with Crippen molar-refractivity contribution in [1.29, 1.82) is 0 Å². The lowest BCUT2D eigenvalue weighted by Crippen LogP contribution is -2.04. The first-order valence-corrected chi connectivity index (χ1v) is 5.54. The highest BCUT2D eigenvalue weighted by molar-refractivity contribution is 9.10. The number of benzene rings is 1. The molecule has 2 rings (SSSR count). The summed E-state index contributed by atoms with van der Waals surface area (Å²) in [6.07, 6.45) is 3.36. The number of aromatic nitrogens is 1. The second kappa shape index (κ2) is 4.61. The first kappa shape index (κ1) is 11.1. The zero-order valence-electron chi connectivity index (χ0n) is 8.36. The molecular formula is C12H9BrFNO. The predicted octanol–water partition coefficient (Wildman–Crippen LogP) is 2.80. The SMILES string of the molecule is O=c1ccn(Cc2cc(F)cc(Br)c2)cc1. The quantitative estimate of drug-likeness (QED) is 0.830. The van der Waals surface area contributed by atoms with Gasteiger partial charge >= 0.3 is 0 Å². The van der Waals surface area contributed by atoms with Crippen molar-refractivity contribution in [2.24, 2.45) is 0 Å². The van der Waals surface area contributed by atoms with E-state index < -0.39 is 0 Å². The number of rotatable bonds is 2. The maximum absolute atomic E-state index is 13.1. The second-order valence-electron chi connectivity index (χ2n) is 3.48. The molecule has 0 saturated heterocycles. The summed E-state index contributed by atoms with van der Waals surface area (Å²) in [7, 11) is 0. The van der Waals surface area contributed by atoms with Gasteiger partial charge in [0.2, 0.25) is 0 Å². The number of nitrogens with zero attached hydrogens (tertiary/aromatic N) is 1. The van der Waals surface area contributed by atoms with Crippen LogP contribution in [0.4, 0.5) is 4.39 Å². The van der Waals surface area contributed by atoms with E-state index in [1.165, 1.54) is 24.3 Å². The molecule has 1 aromatic heterocycles. The van der Waals surface area contributed by atoms with E-state index >= 15 is 0 Å². The van der Waals surface area contributed by atoms with Crippen molar-refractivity contribution in [1.82, 2.24) is 4.57 Å². The van der Waals surface area contributed by atoms with Crippen LogP contribution in [0.25, 0.3) is 0 Å². The summed E-state index contributed by atoms with van der Waals surface area (Å²) in [6, 6.07) is 7.70. The van der Waals surface area contributed by atoms with E-state index in [0.717, 1.165) is 5.56 Å². The molecule has 0 saturated carbocycles. The summed E-state index contributed by atoms with van der Waals surface area (Å²) in [5, 5.41) is 0. The third-order valence-electron chi connectivity index (χ3n) is 2.15. The zero-order chi connectivity index (χ0) is 11.5. The largest absolute Gasteiger partial charge is 0.350 e. The summed E-state index contributed by atoms with van der Waals surface area (Å²) >= 11 is 3.24. The van der Waals surface area contributed by atoms with E-state index in [0.29, 0.717) is 11.0 Å². The van der Waals surface area contributed by atoms with Gasteiger partial charge in [-0.05, 0) is 23.8 Å². The van der Waals surface area contributed by atoms with Crippen LogP contribution in [0.1, 0.15) is 5.56 Å². The van der Waals surface area contributed by atoms with E-state index in [1.807, 2.05) is 10.6 Å². The third kappa shape index (κ3) is 2.79. The molecule has 4 heteroatoms. The predicted molar refractivity (Wildman–Crippen MR) is 63.9 cm³/mol. The van der Waals surface area contributed by atoms with E-state index in [2.05, 4.69) is 15.9 Å². The monoisotopic (exact) mass is 281 g/mol. The normalized spacial score (nSPS) is 10.4. The van der Waals surface area contributed by atoms with Crippen molar-refractivity contribution >= 4 is 15.9 Å². The van der Waals surface area contributed by atoms with Crippen molar-refractivity contribution in [3.05, 3.63) is 68.8 Å². The van der Waals surface area contributed by atoms with Gasteiger partial charge in [-0.25, -0.2) is 4.39 Å². The summed E-state index contributed by atoms with van der Waals surface area (Å²) in [5.41, 5.74) is 0.812. The Kier molecular flexibility index (Phi) is 3.19. The number of hydrogen-bond donors (Lipinski definition) is 0. The standard InChI is InChI=1S/C12H9BrFNO/c13-10-5-9(6-11(14)7-10)8-15-3-1-12(16)2-4-15/h1-7H,8H2. The van der Waals surface area contributed by atoms with Gasteiger partial charge in [-0.15, -0.1) is 0 Å². The van der Waals surface area contributed by atoms with Crippen LogP contribution < -0.4 is 5.43 Å². The molecule has 0 fully saturated rings. The molecule has 0 aliphatic carbocycles. The number of pyridine rings is 1. The molecule has 0 aliphatic rings. The first-order chi connectivity index (χ1) is 7.63. The molecule has 82 valence electrons. The van der Waals surface area contributed by atoms with Crippen LogP contribution in [0.3, 0.4) is 0 Å². The van der Waals surface area contributed by atoms with Crippen molar-refractivity contribution in [3.8, 4) is 0 Å².